The quantitative estimate of drug-likeness (QED) is 0.0565. The number of likely N-dealkylation sites (tertiary alicyclic amines) is 3. The van der Waals surface area contributed by atoms with Crippen molar-refractivity contribution in [1.82, 2.24) is 73.9 Å². The first-order chi connectivity index (χ1) is 50.8. The number of nitrogens with zero attached hydrogens (tertiary/aromatic N) is 15. The number of anilines is 6. The van der Waals surface area contributed by atoms with E-state index in [9.17, 15) is 14.4 Å². The number of fused-ring (bicyclic) bond motifs is 3. The van der Waals surface area contributed by atoms with Gasteiger partial charge in [0.1, 0.15) is 0 Å². The van der Waals surface area contributed by atoms with Gasteiger partial charge in [-0.25, -0.2) is 29.9 Å². The van der Waals surface area contributed by atoms with Crippen LogP contribution in [-0.4, -0.2) is 168 Å². The van der Waals surface area contributed by atoms with Crippen LogP contribution in [0.3, 0.4) is 0 Å². The predicted octanol–water partition coefficient (Wildman–Crippen LogP) is 13.4. The lowest BCUT2D eigenvalue weighted by Gasteiger charge is -2.40. The maximum absolute atomic E-state index is 13.0. The molecule has 9 heterocycles. The molecule has 0 bridgehead atoms. The van der Waals surface area contributed by atoms with E-state index in [4.69, 9.17) is 29.2 Å². The first kappa shape index (κ1) is 73.5. The van der Waals surface area contributed by atoms with Crippen LogP contribution >= 0.6 is 0 Å². The standard InChI is InChI=1S/3C27H34N6O2/c3*1-18(2)35-23-16-33(17-23)26(34)13-20-7-5-4-6-19-12-21(8-9-24(19)20)25-10-11-28-27(31-25)30-22-14-29-32(3)15-22/h3*8-12,14-15,18,20,23H,4-7,13,16-17H2,1-3H3,(H,28,30,31)/t2*20-;/m10./s1. The largest absolute Gasteiger partial charge is 0.372 e. The third-order valence-electron chi connectivity index (χ3n) is 20.5. The van der Waals surface area contributed by atoms with Gasteiger partial charge in [-0.2, -0.15) is 15.3 Å². The summed E-state index contributed by atoms with van der Waals surface area (Å²) in [5.41, 5.74) is 16.4. The smallest absolute Gasteiger partial charge is 0.227 e. The molecular formula is C81H102N18O6. The van der Waals surface area contributed by atoms with Gasteiger partial charge in [-0.05, 0) is 187 Å². The number of rotatable bonds is 21. The van der Waals surface area contributed by atoms with Crippen LogP contribution in [0.2, 0.25) is 0 Å². The van der Waals surface area contributed by atoms with E-state index in [1.807, 2.05) is 114 Å². The summed E-state index contributed by atoms with van der Waals surface area (Å²) in [5.74, 6) is 3.19. The Kier molecular flexibility index (Phi) is 23.8. The fourth-order valence-electron chi connectivity index (χ4n) is 15.3. The highest BCUT2D eigenvalue weighted by molar-refractivity contribution is 5.80. The van der Waals surface area contributed by atoms with Crippen molar-refractivity contribution in [2.75, 3.05) is 55.2 Å². The number of hydrogen-bond donors (Lipinski definition) is 3. The average molecular weight is 1420 g/mol. The molecule has 9 aromatic rings. The minimum atomic E-state index is 0.188. The van der Waals surface area contributed by atoms with E-state index < -0.39 is 0 Å². The molecule has 3 atom stereocenters. The van der Waals surface area contributed by atoms with E-state index >= 15 is 0 Å². The van der Waals surface area contributed by atoms with Crippen molar-refractivity contribution in [3.8, 4) is 33.8 Å². The Morgan fingerprint density at radius 3 is 0.952 bits per heavy atom. The van der Waals surface area contributed by atoms with Crippen molar-refractivity contribution in [1.29, 1.82) is 0 Å². The van der Waals surface area contributed by atoms with Crippen LogP contribution in [0.25, 0.3) is 33.8 Å². The average Bonchev–Trinajstić information content (AvgIpc) is 1.67. The summed E-state index contributed by atoms with van der Waals surface area (Å²) in [6.07, 6.45) is 32.3. The van der Waals surface area contributed by atoms with Crippen molar-refractivity contribution in [3.05, 3.63) is 162 Å². The van der Waals surface area contributed by atoms with Crippen LogP contribution in [0.4, 0.5) is 34.9 Å². The molecule has 552 valence electrons. The maximum Gasteiger partial charge on any atom is 0.227 e. The number of aromatic nitrogens is 12. The van der Waals surface area contributed by atoms with Crippen molar-refractivity contribution in [2.45, 2.75) is 192 Å². The Morgan fingerprint density at radius 2 is 0.695 bits per heavy atom. The highest BCUT2D eigenvalue weighted by Gasteiger charge is 2.37. The van der Waals surface area contributed by atoms with E-state index in [0.29, 0.717) is 37.1 Å². The highest BCUT2D eigenvalue weighted by atomic mass is 16.5. The molecule has 15 rings (SSSR count). The Bertz CT molecular complexity index is 3990. The van der Waals surface area contributed by atoms with Crippen LogP contribution in [0.1, 0.15) is 170 Å². The second kappa shape index (κ2) is 34.0. The second-order valence-corrected chi connectivity index (χ2v) is 29.9. The molecule has 3 aromatic carbocycles. The minimum absolute atomic E-state index is 0.188. The molecule has 3 N–H and O–H groups in total. The molecule has 0 radical (unpaired) electrons. The van der Waals surface area contributed by atoms with Crippen molar-refractivity contribution in [3.63, 3.8) is 0 Å². The molecule has 3 aliphatic heterocycles. The predicted molar refractivity (Wildman–Crippen MR) is 406 cm³/mol. The molecule has 0 saturated carbocycles. The topological polar surface area (TPSA) is 256 Å². The molecule has 0 spiro atoms. The molecule has 6 aromatic heterocycles. The number of hydrogen-bond acceptors (Lipinski definition) is 18. The van der Waals surface area contributed by atoms with Gasteiger partial charge in [-0.1, -0.05) is 55.7 Å². The number of aryl methyl sites for hydroxylation is 6. The van der Waals surface area contributed by atoms with Crippen LogP contribution in [0, 0.1) is 0 Å². The van der Waals surface area contributed by atoms with Gasteiger partial charge in [-0.3, -0.25) is 28.4 Å². The lowest BCUT2D eigenvalue weighted by atomic mass is 9.88. The molecule has 3 amide bonds. The van der Waals surface area contributed by atoms with Crippen LogP contribution in [0.15, 0.2) is 129 Å². The molecule has 1 unspecified atom stereocenters. The molecule has 3 aliphatic carbocycles. The van der Waals surface area contributed by atoms with E-state index in [2.05, 4.69) is 101 Å². The Morgan fingerprint density at radius 1 is 0.410 bits per heavy atom. The Hall–Kier alpha value is -9.78. The molecular weight excluding hydrogens is 1320 g/mol. The van der Waals surface area contributed by atoms with E-state index in [0.717, 1.165) is 167 Å². The fourth-order valence-corrected chi connectivity index (χ4v) is 15.3. The van der Waals surface area contributed by atoms with Crippen LogP contribution < -0.4 is 16.0 Å². The maximum atomic E-state index is 13.0. The molecule has 24 heteroatoms. The van der Waals surface area contributed by atoms with Gasteiger partial charge in [0, 0.05) is 134 Å². The highest BCUT2D eigenvalue weighted by Crippen LogP contribution is 2.40. The number of amides is 3. The zero-order valence-electron chi connectivity index (χ0n) is 62.3. The van der Waals surface area contributed by atoms with Crippen LogP contribution in [-0.2, 0) is 69.0 Å². The summed E-state index contributed by atoms with van der Waals surface area (Å²) in [7, 11) is 5.63. The van der Waals surface area contributed by atoms with E-state index in [1.165, 1.54) is 33.4 Å². The normalized spacial score (nSPS) is 18.2. The zero-order valence-corrected chi connectivity index (χ0v) is 62.3. The number of carbonyl (C=O) groups excluding carboxylic acids is 3. The monoisotopic (exact) mass is 1420 g/mol. The van der Waals surface area contributed by atoms with Gasteiger partial charge in [0.25, 0.3) is 0 Å². The van der Waals surface area contributed by atoms with E-state index in [-0.39, 0.29) is 72.1 Å². The summed E-state index contributed by atoms with van der Waals surface area (Å²) >= 11 is 0. The Balaban J connectivity index is 0.000000140. The summed E-state index contributed by atoms with van der Waals surface area (Å²) in [6.45, 7) is 16.6. The number of ether oxygens (including phenoxy) is 3. The number of nitrogens with one attached hydrogen (secondary N) is 3. The second-order valence-electron chi connectivity index (χ2n) is 29.9. The minimum Gasteiger partial charge on any atom is -0.372 e. The van der Waals surface area contributed by atoms with Gasteiger partial charge in [0.15, 0.2) is 0 Å². The lowest BCUT2D eigenvalue weighted by molar-refractivity contribution is -0.149. The zero-order chi connectivity index (χ0) is 73.1. The first-order valence-electron chi connectivity index (χ1n) is 37.8. The summed E-state index contributed by atoms with van der Waals surface area (Å²) < 4.78 is 22.7. The summed E-state index contributed by atoms with van der Waals surface area (Å²) in [6, 6.07) is 25.6. The van der Waals surface area contributed by atoms with E-state index in [1.54, 1.807) is 51.2 Å². The third kappa shape index (κ3) is 19.4. The van der Waals surface area contributed by atoms with Gasteiger partial charge in [0.2, 0.25) is 35.6 Å². The summed E-state index contributed by atoms with van der Waals surface area (Å²) in [4.78, 5) is 72.0. The number of carbonyl (C=O) groups is 3. The third-order valence-corrected chi connectivity index (χ3v) is 20.5. The van der Waals surface area contributed by atoms with Crippen LogP contribution in [0.5, 0.6) is 0 Å². The van der Waals surface area contributed by atoms with Crippen molar-refractivity contribution in [2.24, 2.45) is 21.1 Å². The Labute approximate surface area is 616 Å². The molecule has 24 nitrogen and oxygen atoms in total. The number of benzene rings is 3. The molecule has 3 saturated heterocycles. The SMILES string of the molecule is CC(C)OC1CN(C(=O)CC2CCCCc3cc(-c4ccnc(Nc5cnn(C)c5)n4)ccc32)C1.CC(C)OC1CN(C(=O)C[C@@H]2CCCCc3cc(-c4ccnc(Nc5cnn(C)c5)n4)ccc32)C1.CC(C)OC1CN(C(=O)C[C@H]2CCCCc3cc(-c4ccnc(Nc5cnn(C)c5)n4)ccc32)C1. The first-order valence-corrected chi connectivity index (χ1v) is 37.8. The summed E-state index contributed by atoms with van der Waals surface area (Å²) in [5, 5.41) is 22.2. The van der Waals surface area contributed by atoms with Gasteiger partial charge in [-0.15, -0.1) is 0 Å². The molecule has 3 fully saturated rings. The fraction of sp³-hybridized carbons (Fsp3) is 0.481. The van der Waals surface area contributed by atoms with Gasteiger partial charge < -0.3 is 44.9 Å². The van der Waals surface area contributed by atoms with Gasteiger partial charge >= 0.3 is 0 Å². The van der Waals surface area contributed by atoms with Crippen molar-refractivity contribution >= 4 is 52.6 Å². The molecule has 105 heavy (non-hydrogen) atoms. The van der Waals surface area contributed by atoms with Crippen molar-refractivity contribution < 1.29 is 28.6 Å². The van der Waals surface area contributed by atoms with Gasteiger partial charge in [0.05, 0.1) is 89.4 Å². The molecule has 6 aliphatic rings. The lowest BCUT2D eigenvalue weighted by Crippen LogP contribution is -2.55.